The lowest BCUT2D eigenvalue weighted by molar-refractivity contribution is -0.385. The summed E-state index contributed by atoms with van der Waals surface area (Å²) in [5.41, 5.74) is 5.34. The summed E-state index contributed by atoms with van der Waals surface area (Å²) < 4.78 is 0. The molecule has 1 heterocycles. The number of carbonyl (C=O) groups excluding carboxylic acids is 1. The molecular formula is C12H9ClN4O3. The van der Waals surface area contributed by atoms with Gasteiger partial charge in [0, 0.05) is 18.0 Å². The summed E-state index contributed by atoms with van der Waals surface area (Å²) >= 11 is 5.67. The molecule has 2 aromatic rings. The maximum absolute atomic E-state index is 12.0. The number of hydrogen-bond donors (Lipinski definition) is 2. The van der Waals surface area contributed by atoms with Gasteiger partial charge < -0.3 is 11.1 Å². The van der Waals surface area contributed by atoms with Crippen LogP contribution in [0.25, 0.3) is 0 Å². The Labute approximate surface area is 118 Å². The Bertz CT molecular complexity index is 673. The van der Waals surface area contributed by atoms with Crippen LogP contribution in [0.3, 0.4) is 0 Å². The smallest absolute Gasteiger partial charge is 0.282 e. The molecule has 0 aliphatic heterocycles. The maximum Gasteiger partial charge on any atom is 0.282 e. The van der Waals surface area contributed by atoms with Crippen molar-refractivity contribution in [2.75, 3.05) is 11.1 Å². The van der Waals surface area contributed by atoms with E-state index in [-0.39, 0.29) is 22.8 Å². The van der Waals surface area contributed by atoms with E-state index in [9.17, 15) is 14.9 Å². The fourth-order valence-electron chi connectivity index (χ4n) is 1.53. The summed E-state index contributed by atoms with van der Waals surface area (Å²) in [5, 5.41) is 13.7. The fraction of sp³-hybridized carbons (Fsp3) is 0. The lowest BCUT2D eigenvalue weighted by Gasteiger charge is -2.06. The van der Waals surface area contributed by atoms with Crippen LogP contribution in [0, 0.1) is 10.1 Å². The molecule has 0 bridgehead atoms. The molecule has 8 heteroatoms. The van der Waals surface area contributed by atoms with Gasteiger partial charge in [-0.3, -0.25) is 14.9 Å². The van der Waals surface area contributed by atoms with Crippen molar-refractivity contribution in [3.05, 3.63) is 57.2 Å². The van der Waals surface area contributed by atoms with Crippen molar-refractivity contribution >= 4 is 34.7 Å². The number of rotatable bonds is 3. The molecule has 1 amide bonds. The number of nitrogens with zero attached hydrogens (tertiary/aromatic N) is 2. The van der Waals surface area contributed by atoms with Gasteiger partial charge in [-0.15, -0.1) is 0 Å². The maximum atomic E-state index is 12.0. The molecule has 102 valence electrons. The normalized spacial score (nSPS) is 10.1. The predicted molar refractivity (Wildman–Crippen MR) is 74.7 cm³/mol. The third kappa shape index (κ3) is 3.01. The average Bonchev–Trinajstić information content (AvgIpc) is 2.41. The Morgan fingerprint density at radius 2 is 2.10 bits per heavy atom. The SMILES string of the molecule is Nc1ccc([N+](=O)[O-])c(C(=O)Nc2ccc(Cl)cn2)c1. The molecule has 0 radical (unpaired) electrons. The van der Waals surface area contributed by atoms with E-state index >= 15 is 0 Å². The highest BCUT2D eigenvalue weighted by atomic mass is 35.5. The highest BCUT2D eigenvalue weighted by Crippen LogP contribution is 2.22. The number of nitro benzene ring substituents is 1. The zero-order chi connectivity index (χ0) is 14.7. The summed E-state index contributed by atoms with van der Waals surface area (Å²) in [5.74, 6) is -0.435. The molecule has 1 aromatic carbocycles. The van der Waals surface area contributed by atoms with E-state index in [1.807, 2.05) is 0 Å². The van der Waals surface area contributed by atoms with Crippen LogP contribution < -0.4 is 11.1 Å². The minimum Gasteiger partial charge on any atom is -0.399 e. The monoisotopic (exact) mass is 292 g/mol. The molecule has 3 N–H and O–H groups in total. The van der Waals surface area contributed by atoms with E-state index in [1.165, 1.54) is 36.5 Å². The van der Waals surface area contributed by atoms with Crippen LogP contribution >= 0.6 is 11.6 Å². The first kappa shape index (κ1) is 13.8. The lowest BCUT2D eigenvalue weighted by atomic mass is 10.1. The minimum absolute atomic E-state index is 0.133. The lowest BCUT2D eigenvalue weighted by Crippen LogP contribution is -2.15. The van der Waals surface area contributed by atoms with Crippen molar-refractivity contribution in [2.24, 2.45) is 0 Å². The van der Waals surface area contributed by atoms with Crippen molar-refractivity contribution in [1.29, 1.82) is 0 Å². The van der Waals surface area contributed by atoms with Crippen LogP contribution in [0.4, 0.5) is 17.2 Å². The second-order valence-electron chi connectivity index (χ2n) is 3.85. The molecule has 7 nitrogen and oxygen atoms in total. The number of benzene rings is 1. The fourth-order valence-corrected chi connectivity index (χ4v) is 1.64. The topological polar surface area (TPSA) is 111 Å². The van der Waals surface area contributed by atoms with E-state index in [0.717, 1.165) is 0 Å². The standard InChI is InChI=1S/C12H9ClN4O3/c13-7-1-4-11(15-6-7)16-12(18)9-5-8(14)2-3-10(9)17(19)20/h1-6H,14H2,(H,15,16,18). The van der Waals surface area contributed by atoms with Gasteiger partial charge in [0.05, 0.1) is 9.95 Å². The van der Waals surface area contributed by atoms with Gasteiger partial charge in [-0.1, -0.05) is 11.6 Å². The summed E-state index contributed by atoms with van der Waals surface area (Å²) in [6, 6.07) is 6.80. The van der Waals surface area contributed by atoms with Gasteiger partial charge >= 0.3 is 0 Å². The Balaban J connectivity index is 2.31. The number of nitrogens with two attached hydrogens (primary N) is 1. The number of amides is 1. The van der Waals surface area contributed by atoms with Crippen LogP contribution in [-0.2, 0) is 0 Å². The highest BCUT2D eigenvalue weighted by molar-refractivity contribution is 6.30. The molecule has 1 aromatic heterocycles. The van der Waals surface area contributed by atoms with Gasteiger partial charge in [0.25, 0.3) is 11.6 Å². The first-order chi connectivity index (χ1) is 9.47. The molecule has 0 fully saturated rings. The second-order valence-corrected chi connectivity index (χ2v) is 4.29. The highest BCUT2D eigenvalue weighted by Gasteiger charge is 2.20. The Kier molecular flexibility index (Phi) is 3.81. The molecule has 0 aliphatic carbocycles. The minimum atomic E-state index is -0.668. The molecule has 0 saturated heterocycles. The van der Waals surface area contributed by atoms with Gasteiger partial charge in [-0.2, -0.15) is 0 Å². The number of aromatic nitrogens is 1. The number of nitrogens with one attached hydrogen (secondary N) is 1. The summed E-state index contributed by atoms with van der Waals surface area (Å²) in [6.45, 7) is 0. The van der Waals surface area contributed by atoms with Crippen LogP contribution in [0.15, 0.2) is 36.5 Å². The van der Waals surface area contributed by atoms with Crippen molar-refractivity contribution in [3.63, 3.8) is 0 Å². The van der Waals surface area contributed by atoms with E-state index in [2.05, 4.69) is 10.3 Å². The average molecular weight is 293 g/mol. The number of halogens is 1. The van der Waals surface area contributed by atoms with Crippen molar-refractivity contribution < 1.29 is 9.72 Å². The Morgan fingerprint density at radius 1 is 1.35 bits per heavy atom. The van der Waals surface area contributed by atoms with Crippen LogP contribution in [0.1, 0.15) is 10.4 Å². The van der Waals surface area contributed by atoms with E-state index in [4.69, 9.17) is 17.3 Å². The molecule has 0 unspecified atom stereocenters. The number of carbonyl (C=O) groups is 1. The van der Waals surface area contributed by atoms with Crippen molar-refractivity contribution in [3.8, 4) is 0 Å². The van der Waals surface area contributed by atoms with Gasteiger partial charge in [0.1, 0.15) is 11.4 Å². The van der Waals surface area contributed by atoms with Gasteiger partial charge in [-0.25, -0.2) is 4.98 Å². The number of pyridine rings is 1. The first-order valence-corrected chi connectivity index (χ1v) is 5.82. The van der Waals surface area contributed by atoms with E-state index in [0.29, 0.717) is 5.02 Å². The van der Waals surface area contributed by atoms with Crippen molar-refractivity contribution in [2.45, 2.75) is 0 Å². The van der Waals surface area contributed by atoms with Crippen molar-refractivity contribution in [1.82, 2.24) is 4.98 Å². The summed E-state index contributed by atoms with van der Waals surface area (Å²) in [4.78, 5) is 26.1. The van der Waals surface area contributed by atoms with Gasteiger partial charge in [-0.05, 0) is 24.3 Å². The first-order valence-electron chi connectivity index (χ1n) is 5.44. The number of nitro groups is 1. The van der Waals surface area contributed by atoms with Crippen LogP contribution in [-0.4, -0.2) is 15.8 Å². The predicted octanol–water partition coefficient (Wildman–Crippen LogP) is 2.48. The summed E-state index contributed by atoms with van der Waals surface area (Å²) in [6.07, 6.45) is 1.35. The molecule has 20 heavy (non-hydrogen) atoms. The van der Waals surface area contributed by atoms with Gasteiger partial charge in [0.15, 0.2) is 0 Å². The zero-order valence-corrected chi connectivity index (χ0v) is 10.8. The van der Waals surface area contributed by atoms with Crippen LogP contribution in [0.5, 0.6) is 0 Å². The second kappa shape index (κ2) is 5.54. The van der Waals surface area contributed by atoms with Gasteiger partial charge in [0.2, 0.25) is 0 Å². The Hall–Kier alpha value is -2.67. The number of hydrogen-bond acceptors (Lipinski definition) is 5. The molecule has 0 saturated carbocycles. The molecule has 0 atom stereocenters. The molecule has 2 rings (SSSR count). The molecular weight excluding hydrogens is 284 g/mol. The van der Waals surface area contributed by atoms with Crippen LogP contribution in [0.2, 0.25) is 5.02 Å². The molecule has 0 spiro atoms. The van der Waals surface area contributed by atoms with E-state index < -0.39 is 10.8 Å². The Morgan fingerprint density at radius 3 is 2.70 bits per heavy atom. The number of nitrogen functional groups attached to an aromatic ring is 1. The number of anilines is 2. The quantitative estimate of drug-likeness (QED) is 0.513. The van der Waals surface area contributed by atoms with E-state index in [1.54, 1.807) is 0 Å². The largest absolute Gasteiger partial charge is 0.399 e. The zero-order valence-electron chi connectivity index (χ0n) is 10.0. The summed E-state index contributed by atoms with van der Waals surface area (Å²) in [7, 11) is 0. The molecule has 0 aliphatic rings. The third-order valence-electron chi connectivity index (χ3n) is 2.43. The third-order valence-corrected chi connectivity index (χ3v) is 2.65.